The normalized spacial score (nSPS) is 13.7. The zero-order valence-corrected chi connectivity index (χ0v) is 20.0. The molecule has 0 N–H and O–H groups in total. The summed E-state index contributed by atoms with van der Waals surface area (Å²) in [4.78, 5) is 23.2. The second kappa shape index (κ2) is 9.27. The van der Waals surface area contributed by atoms with Gasteiger partial charge in [0.2, 0.25) is 5.95 Å². The minimum Gasteiger partial charge on any atom is -0.298 e. The predicted octanol–water partition coefficient (Wildman–Crippen LogP) is 5.33. The summed E-state index contributed by atoms with van der Waals surface area (Å²) in [5.41, 5.74) is 7.47. The molecule has 2 heterocycles. The van der Waals surface area contributed by atoms with E-state index in [4.69, 9.17) is 4.98 Å². The van der Waals surface area contributed by atoms with Gasteiger partial charge in [0.1, 0.15) is 0 Å². The molecule has 4 aromatic rings. The maximum Gasteiger partial charge on any atom is 0.259 e. The molecule has 5 nitrogen and oxygen atoms in total. The average Bonchev–Trinajstić information content (AvgIpc) is 2.85. The first-order chi connectivity index (χ1) is 16.5. The number of aromatic nitrogens is 2. The van der Waals surface area contributed by atoms with Crippen molar-refractivity contribution < 1.29 is 0 Å². The predicted molar refractivity (Wildman–Crippen MR) is 137 cm³/mol. The van der Waals surface area contributed by atoms with Gasteiger partial charge in [-0.15, -0.1) is 0 Å². The monoisotopic (exact) mass is 450 g/mol. The molecule has 0 unspecified atom stereocenters. The van der Waals surface area contributed by atoms with Gasteiger partial charge in [-0.2, -0.15) is 0 Å². The van der Waals surface area contributed by atoms with E-state index in [0.717, 1.165) is 29.1 Å². The molecule has 34 heavy (non-hydrogen) atoms. The highest BCUT2D eigenvalue weighted by molar-refractivity contribution is 5.60. The van der Waals surface area contributed by atoms with E-state index in [2.05, 4.69) is 78.2 Å². The van der Waals surface area contributed by atoms with Crippen molar-refractivity contribution >= 4 is 11.6 Å². The number of benzene rings is 3. The van der Waals surface area contributed by atoms with Gasteiger partial charge < -0.3 is 0 Å². The summed E-state index contributed by atoms with van der Waals surface area (Å²) >= 11 is 0. The molecule has 5 rings (SSSR count). The van der Waals surface area contributed by atoms with Crippen molar-refractivity contribution in [1.29, 1.82) is 0 Å². The summed E-state index contributed by atoms with van der Waals surface area (Å²) < 4.78 is 1.84. The summed E-state index contributed by atoms with van der Waals surface area (Å²) in [7, 11) is 0. The van der Waals surface area contributed by atoms with E-state index in [0.29, 0.717) is 25.7 Å². The Kier molecular flexibility index (Phi) is 6.03. The minimum atomic E-state index is 0.0398. The Balaban J connectivity index is 1.59. The van der Waals surface area contributed by atoms with E-state index in [1.165, 1.54) is 16.7 Å². The van der Waals surface area contributed by atoms with Crippen LogP contribution in [0.1, 0.15) is 33.5 Å². The molecule has 0 atom stereocenters. The molecule has 0 amide bonds. The fourth-order valence-electron chi connectivity index (χ4n) is 4.56. The van der Waals surface area contributed by atoms with Crippen molar-refractivity contribution in [3.63, 3.8) is 0 Å². The van der Waals surface area contributed by atoms with Gasteiger partial charge in [0.15, 0.2) is 0 Å². The van der Waals surface area contributed by atoms with Gasteiger partial charge in [-0.25, -0.2) is 4.98 Å². The van der Waals surface area contributed by atoms with Crippen LogP contribution in [0.3, 0.4) is 0 Å². The van der Waals surface area contributed by atoms with Gasteiger partial charge >= 0.3 is 0 Å². The van der Waals surface area contributed by atoms with Crippen molar-refractivity contribution in [2.75, 3.05) is 11.6 Å². The number of anilines is 2. The molecule has 1 aromatic heterocycles. The SMILES string of the molecule is Cc1ccc(N2CN(Cc3ccccc3)Cn3c2nc(C)c(Cc2ccccc2)c3=O)cc1C. The lowest BCUT2D eigenvalue weighted by molar-refractivity contribution is 0.190. The lowest BCUT2D eigenvalue weighted by Gasteiger charge is -2.38. The standard InChI is InChI=1S/C29H30N4O/c1-21-14-15-26(16-22(21)2)32-19-31(18-25-12-8-5-9-13-25)20-33-28(34)27(23(3)30-29(32)33)17-24-10-6-4-7-11-24/h4-16H,17-20H2,1-3H3. The van der Waals surface area contributed by atoms with Crippen LogP contribution < -0.4 is 10.5 Å². The number of hydrogen-bond donors (Lipinski definition) is 0. The number of fused-ring (bicyclic) bond motifs is 1. The average molecular weight is 451 g/mol. The van der Waals surface area contributed by atoms with Crippen molar-refractivity contribution in [1.82, 2.24) is 14.5 Å². The Morgan fingerprint density at radius 1 is 0.794 bits per heavy atom. The van der Waals surface area contributed by atoms with Crippen LogP contribution in [0.5, 0.6) is 0 Å². The molecular formula is C29H30N4O. The van der Waals surface area contributed by atoms with E-state index in [9.17, 15) is 4.79 Å². The highest BCUT2D eigenvalue weighted by Gasteiger charge is 2.28. The largest absolute Gasteiger partial charge is 0.298 e. The van der Waals surface area contributed by atoms with Crippen LogP contribution in [0.2, 0.25) is 0 Å². The molecule has 1 aliphatic heterocycles. The molecule has 0 aliphatic carbocycles. The molecule has 1 aliphatic rings. The third-order valence-electron chi connectivity index (χ3n) is 6.65. The van der Waals surface area contributed by atoms with Crippen molar-refractivity contribution in [3.8, 4) is 0 Å². The van der Waals surface area contributed by atoms with Gasteiger partial charge in [0.25, 0.3) is 5.56 Å². The fraction of sp³-hybridized carbons (Fsp3) is 0.241. The fourth-order valence-corrected chi connectivity index (χ4v) is 4.56. The van der Waals surface area contributed by atoms with Crippen LogP contribution in [0, 0.1) is 20.8 Å². The molecule has 0 bridgehead atoms. The minimum absolute atomic E-state index is 0.0398. The van der Waals surface area contributed by atoms with Gasteiger partial charge in [0.05, 0.1) is 19.0 Å². The van der Waals surface area contributed by atoms with Crippen LogP contribution in [0.4, 0.5) is 11.6 Å². The topological polar surface area (TPSA) is 41.4 Å². The van der Waals surface area contributed by atoms with Crippen LogP contribution in [0.25, 0.3) is 0 Å². The maximum atomic E-state index is 13.8. The maximum absolute atomic E-state index is 13.8. The summed E-state index contributed by atoms with van der Waals surface area (Å²) in [5.74, 6) is 0.715. The van der Waals surface area contributed by atoms with E-state index in [1.54, 1.807) is 0 Å². The first-order valence-electron chi connectivity index (χ1n) is 11.7. The van der Waals surface area contributed by atoms with Crippen LogP contribution >= 0.6 is 0 Å². The van der Waals surface area contributed by atoms with Gasteiger partial charge in [-0.05, 0) is 55.2 Å². The Hall–Kier alpha value is -3.70. The third kappa shape index (κ3) is 4.39. The Bertz CT molecular complexity index is 1360. The van der Waals surface area contributed by atoms with E-state index in [-0.39, 0.29) is 5.56 Å². The third-order valence-corrected chi connectivity index (χ3v) is 6.65. The molecule has 3 aromatic carbocycles. The van der Waals surface area contributed by atoms with E-state index < -0.39 is 0 Å². The molecule has 0 spiro atoms. The lowest BCUT2D eigenvalue weighted by Crippen LogP contribution is -2.47. The second-order valence-corrected chi connectivity index (χ2v) is 9.17. The quantitative estimate of drug-likeness (QED) is 0.412. The highest BCUT2D eigenvalue weighted by Crippen LogP contribution is 2.30. The van der Waals surface area contributed by atoms with Crippen molar-refractivity contribution in [2.24, 2.45) is 0 Å². The molecule has 0 radical (unpaired) electrons. The molecule has 5 heteroatoms. The first kappa shape index (κ1) is 22.1. The molecular weight excluding hydrogens is 420 g/mol. The van der Waals surface area contributed by atoms with Crippen LogP contribution in [-0.4, -0.2) is 21.1 Å². The molecule has 0 saturated heterocycles. The Labute approximate surface area is 200 Å². The Morgan fingerprint density at radius 2 is 1.47 bits per heavy atom. The van der Waals surface area contributed by atoms with E-state index >= 15 is 0 Å². The highest BCUT2D eigenvalue weighted by atomic mass is 16.1. The van der Waals surface area contributed by atoms with Crippen LogP contribution in [-0.2, 0) is 19.6 Å². The second-order valence-electron chi connectivity index (χ2n) is 9.17. The summed E-state index contributed by atoms with van der Waals surface area (Å²) in [6, 6.07) is 27.0. The summed E-state index contributed by atoms with van der Waals surface area (Å²) in [6.45, 7) is 8.14. The van der Waals surface area contributed by atoms with Crippen LogP contribution in [0.15, 0.2) is 83.7 Å². The lowest BCUT2D eigenvalue weighted by atomic mass is 10.0. The van der Waals surface area contributed by atoms with Crippen molar-refractivity contribution in [3.05, 3.63) is 123 Å². The van der Waals surface area contributed by atoms with Gasteiger partial charge in [0, 0.05) is 24.2 Å². The molecule has 0 fully saturated rings. The molecule has 172 valence electrons. The summed E-state index contributed by atoms with van der Waals surface area (Å²) in [6.07, 6.45) is 0.584. The first-order valence-corrected chi connectivity index (χ1v) is 11.7. The summed E-state index contributed by atoms with van der Waals surface area (Å²) in [5, 5.41) is 0. The number of nitrogens with zero attached hydrogens (tertiary/aromatic N) is 4. The Morgan fingerprint density at radius 3 is 2.15 bits per heavy atom. The van der Waals surface area contributed by atoms with Crippen molar-refractivity contribution in [2.45, 2.75) is 40.4 Å². The van der Waals surface area contributed by atoms with Gasteiger partial charge in [-0.1, -0.05) is 66.7 Å². The zero-order chi connectivity index (χ0) is 23.7. The zero-order valence-electron chi connectivity index (χ0n) is 20.0. The number of hydrogen-bond acceptors (Lipinski definition) is 4. The smallest absolute Gasteiger partial charge is 0.259 e. The molecule has 0 saturated carbocycles. The van der Waals surface area contributed by atoms with E-state index in [1.807, 2.05) is 35.8 Å². The number of aryl methyl sites for hydroxylation is 3. The van der Waals surface area contributed by atoms with Gasteiger partial charge in [-0.3, -0.25) is 19.2 Å². The number of rotatable bonds is 5.